The summed E-state index contributed by atoms with van der Waals surface area (Å²) in [5, 5.41) is 1.67. The molecule has 72 valence electrons. The van der Waals surface area contributed by atoms with E-state index in [0.29, 0.717) is 12.5 Å². The molecule has 1 rings (SSSR count). The van der Waals surface area contributed by atoms with Gasteiger partial charge >= 0.3 is 0 Å². The molecular weight excluding hydrogens is 251 g/mol. The number of alkyl halides is 1. The summed E-state index contributed by atoms with van der Waals surface area (Å²) in [5.41, 5.74) is 1.21. The first kappa shape index (κ1) is 11.0. The minimum atomic E-state index is 0.378. The van der Waals surface area contributed by atoms with Gasteiger partial charge in [0.1, 0.15) is 0 Å². The molecule has 1 aromatic carbocycles. The highest BCUT2D eigenvalue weighted by atomic mass is 79.9. The van der Waals surface area contributed by atoms with Gasteiger partial charge in [0.25, 0.3) is 0 Å². The van der Waals surface area contributed by atoms with E-state index in [1.165, 1.54) is 5.56 Å². The quantitative estimate of drug-likeness (QED) is 0.756. The average molecular weight is 264 g/mol. The molecule has 0 fully saturated rings. The van der Waals surface area contributed by atoms with Gasteiger partial charge in [0.2, 0.25) is 0 Å². The SMILES string of the molecule is COCC(CBr)c1cccc(Cl)c1. The van der Waals surface area contributed by atoms with Crippen molar-refractivity contribution in [1.29, 1.82) is 0 Å². The average Bonchev–Trinajstić information content (AvgIpc) is 2.14. The number of ether oxygens (including phenoxy) is 1. The number of benzene rings is 1. The monoisotopic (exact) mass is 262 g/mol. The number of hydrogen-bond donors (Lipinski definition) is 0. The van der Waals surface area contributed by atoms with Crippen LogP contribution in [-0.2, 0) is 4.74 Å². The molecule has 0 aromatic heterocycles. The molecule has 0 aliphatic rings. The Morgan fingerprint density at radius 1 is 1.54 bits per heavy atom. The second-order valence-electron chi connectivity index (χ2n) is 2.86. The number of halogens is 2. The summed E-state index contributed by atoms with van der Waals surface area (Å²) < 4.78 is 5.12. The second kappa shape index (κ2) is 5.63. The highest BCUT2D eigenvalue weighted by molar-refractivity contribution is 9.09. The summed E-state index contributed by atoms with van der Waals surface area (Å²) in [6, 6.07) is 7.88. The molecule has 0 bridgehead atoms. The fraction of sp³-hybridized carbons (Fsp3) is 0.400. The summed E-state index contributed by atoms with van der Waals surface area (Å²) in [4.78, 5) is 0. The second-order valence-corrected chi connectivity index (χ2v) is 3.95. The summed E-state index contributed by atoms with van der Waals surface area (Å²) >= 11 is 9.34. The fourth-order valence-electron chi connectivity index (χ4n) is 1.19. The Balaban J connectivity index is 2.78. The van der Waals surface area contributed by atoms with Crippen LogP contribution in [0, 0.1) is 0 Å². The summed E-state index contributed by atoms with van der Waals surface area (Å²) in [5.74, 6) is 0.378. The van der Waals surface area contributed by atoms with Gasteiger partial charge in [0.15, 0.2) is 0 Å². The Morgan fingerprint density at radius 2 is 2.31 bits per heavy atom. The van der Waals surface area contributed by atoms with Crippen LogP contribution in [0.2, 0.25) is 5.02 Å². The maximum atomic E-state index is 5.89. The van der Waals surface area contributed by atoms with Gasteiger partial charge in [-0.1, -0.05) is 39.7 Å². The van der Waals surface area contributed by atoms with Crippen LogP contribution in [-0.4, -0.2) is 19.0 Å². The lowest BCUT2D eigenvalue weighted by molar-refractivity contribution is 0.186. The molecule has 1 unspecified atom stereocenters. The summed E-state index contributed by atoms with van der Waals surface area (Å²) in [6.07, 6.45) is 0. The van der Waals surface area contributed by atoms with Crippen molar-refractivity contribution in [3.8, 4) is 0 Å². The van der Waals surface area contributed by atoms with Crippen LogP contribution in [0.1, 0.15) is 11.5 Å². The zero-order valence-electron chi connectivity index (χ0n) is 7.47. The Labute approximate surface area is 92.2 Å². The lowest BCUT2D eigenvalue weighted by atomic mass is 10.0. The van der Waals surface area contributed by atoms with E-state index in [2.05, 4.69) is 22.0 Å². The molecule has 0 heterocycles. The molecule has 3 heteroatoms. The van der Waals surface area contributed by atoms with Crippen molar-refractivity contribution in [3.05, 3.63) is 34.9 Å². The van der Waals surface area contributed by atoms with E-state index in [0.717, 1.165) is 10.4 Å². The van der Waals surface area contributed by atoms with Crippen LogP contribution in [0.3, 0.4) is 0 Å². The number of rotatable bonds is 4. The van der Waals surface area contributed by atoms with Gasteiger partial charge in [-0.3, -0.25) is 0 Å². The van der Waals surface area contributed by atoms with Crippen LogP contribution >= 0.6 is 27.5 Å². The van der Waals surface area contributed by atoms with Crippen molar-refractivity contribution < 1.29 is 4.74 Å². The summed E-state index contributed by atoms with van der Waals surface area (Å²) in [6.45, 7) is 0.714. The minimum Gasteiger partial charge on any atom is -0.384 e. The predicted octanol–water partition coefficient (Wildman–Crippen LogP) is 3.46. The first-order valence-corrected chi connectivity index (χ1v) is 5.58. The van der Waals surface area contributed by atoms with E-state index in [1.54, 1.807) is 7.11 Å². The Kier molecular flexibility index (Phi) is 4.78. The molecular formula is C10H12BrClO. The standard InChI is InChI=1S/C10H12BrClO/c1-13-7-9(6-11)8-3-2-4-10(12)5-8/h2-5,9H,6-7H2,1H3. The first-order valence-electron chi connectivity index (χ1n) is 4.08. The molecule has 0 spiro atoms. The fourth-order valence-corrected chi connectivity index (χ4v) is 1.95. The lowest BCUT2D eigenvalue weighted by Gasteiger charge is -2.13. The molecule has 1 atom stereocenters. The van der Waals surface area contributed by atoms with Crippen molar-refractivity contribution >= 4 is 27.5 Å². The third kappa shape index (κ3) is 3.29. The van der Waals surface area contributed by atoms with Crippen LogP contribution < -0.4 is 0 Å². The van der Waals surface area contributed by atoms with Gasteiger partial charge in [-0.25, -0.2) is 0 Å². The predicted molar refractivity (Wildman–Crippen MR) is 59.9 cm³/mol. The molecule has 0 aliphatic carbocycles. The van der Waals surface area contributed by atoms with E-state index in [9.17, 15) is 0 Å². The van der Waals surface area contributed by atoms with E-state index in [1.807, 2.05) is 18.2 Å². The maximum Gasteiger partial charge on any atom is 0.0539 e. The van der Waals surface area contributed by atoms with Crippen LogP contribution in [0.25, 0.3) is 0 Å². The highest BCUT2D eigenvalue weighted by Gasteiger charge is 2.09. The molecule has 1 aromatic rings. The van der Waals surface area contributed by atoms with Crippen molar-refractivity contribution in [1.82, 2.24) is 0 Å². The third-order valence-electron chi connectivity index (χ3n) is 1.87. The van der Waals surface area contributed by atoms with Gasteiger partial charge < -0.3 is 4.74 Å². The summed E-state index contributed by atoms with van der Waals surface area (Å²) in [7, 11) is 1.71. The van der Waals surface area contributed by atoms with Crippen molar-refractivity contribution in [2.75, 3.05) is 19.0 Å². The number of methoxy groups -OCH3 is 1. The minimum absolute atomic E-state index is 0.378. The smallest absolute Gasteiger partial charge is 0.0539 e. The van der Waals surface area contributed by atoms with Crippen molar-refractivity contribution in [2.24, 2.45) is 0 Å². The van der Waals surface area contributed by atoms with Gasteiger partial charge in [-0.05, 0) is 17.7 Å². The maximum absolute atomic E-state index is 5.89. The normalized spacial score (nSPS) is 12.8. The molecule has 0 saturated carbocycles. The molecule has 0 aliphatic heterocycles. The van der Waals surface area contributed by atoms with E-state index in [-0.39, 0.29) is 0 Å². The molecule has 13 heavy (non-hydrogen) atoms. The lowest BCUT2D eigenvalue weighted by Crippen LogP contribution is -2.07. The Hall–Kier alpha value is -0.0500. The first-order chi connectivity index (χ1) is 6.27. The van der Waals surface area contributed by atoms with Gasteiger partial charge in [-0.15, -0.1) is 0 Å². The van der Waals surface area contributed by atoms with E-state index in [4.69, 9.17) is 16.3 Å². The van der Waals surface area contributed by atoms with Crippen molar-refractivity contribution in [3.63, 3.8) is 0 Å². The van der Waals surface area contributed by atoms with Crippen LogP contribution in [0.4, 0.5) is 0 Å². The third-order valence-corrected chi connectivity index (χ3v) is 2.89. The van der Waals surface area contributed by atoms with Gasteiger partial charge in [0, 0.05) is 23.4 Å². The van der Waals surface area contributed by atoms with Gasteiger partial charge in [0.05, 0.1) is 6.61 Å². The number of hydrogen-bond acceptors (Lipinski definition) is 1. The molecule has 0 amide bonds. The highest BCUT2D eigenvalue weighted by Crippen LogP contribution is 2.21. The van der Waals surface area contributed by atoms with Crippen LogP contribution in [0.15, 0.2) is 24.3 Å². The van der Waals surface area contributed by atoms with Crippen molar-refractivity contribution in [2.45, 2.75) is 5.92 Å². The molecule has 0 radical (unpaired) electrons. The Bertz CT molecular complexity index is 265. The van der Waals surface area contributed by atoms with E-state index < -0.39 is 0 Å². The largest absolute Gasteiger partial charge is 0.384 e. The Morgan fingerprint density at radius 3 is 2.85 bits per heavy atom. The van der Waals surface area contributed by atoms with E-state index >= 15 is 0 Å². The van der Waals surface area contributed by atoms with Gasteiger partial charge in [-0.2, -0.15) is 0 Å². The molecule has 1 nitrogen and oxygen atoms in total. The molecule has 0 saturated heterocycles. The zero-order chi connectivity index (χ0) is 9.68. The van der Waals surface area contributed by atoms with Crippen LogP contribution in [0.5, 0.6) is 0 Å². The zero-order valence-corrected chi connectivity index (χ0v) is 9.81. The molecule has 0 N–H and O–H groups in total. The topological polar surface area (TPSA) is 9.23 Å².